The normalized spacial score (nSPS) is 16.1. The van der Waals surface area contributed by atoms with Crippen molar-refractivity contribution >= 4 is 0 Å². The van der Waals surface area contributed by atoms with Gasteiger partial charge in [-0.1, -0.05) is 30.3 Å². The van der Waals surface area contributed by atoms with E-state index in [9.17, 15) is 13.2 Å². The smallest absolute Gasteiger partial charge is 0.326 e. The predicted molar refractivity (Wildman–Crippen MR) is 52.2 cm³/mol. The molecular weight excluding hydrogens is 205 g/mol. The van der Waals surface area contributed by atoms with E-state index in [0.717, 1.165) is 5.56 Å². The van der Waals surface area contributed by atoms with Gasteiger partial charge in [-0.3, -0.25) is 0 Å². The first-order valence-electron chi connectivity index (χ1n) is 4.53. The molecule has 0 amide bonds. The summed E-state index contributed by atoms with van der Waals surface area (Å²) in [6.07, 6.45) is -4.31. The molecule has 4 N–H and O–H groups in total. The molecule has 0 bridgehead atoms. The molecule has 0 radical (unpaired) electrons. The Hall–Kier alpha value is -1.07. The summed E-state index contributed by atoms with van der Waals surface area (Å²) in [5.41, 5.74) is 11.1. The molecule has 0 saturated heterocycles. The van der Waals surface area contributed by atoms with Crippen LogP contribution in [-0.4, -0.2) is 18.3 Å². The lowest BCUT2D eigenvalue weighted by Crippen LogP contribution is -2.52. The molecule has 0 aliphatic heterocycles. The third-order valence-electron chi connectivity index (χ3n) is 2.15. The first kappa shape index (κ1) is 12.0. The summed E-state index contributed by atoms with van der Waals surface area (Å²) in [5, 5.41) is 0. The maximum absolute atomic E-state index is 12.2. The molecule has 0 spiro atoms. The second-order valence-electron chi connectivity index (χ2n) is 3.42. The highest BCUT2D eigenvalue weighted by molar-refractivity contribution is 5.16. The van der Waals surface area contributed by atoms with Crippen LogP contribution < -0.4 is 11.5 Å². The van der Waals surface area contributed by atoms with Gasteiger partial charge >= 0.3 is 6.18 Å². The molecule has 0 aliphatic carbocycles. The van der Waals surface area contributed by atoms with Gasteiger partial charge in [-0.25, -0.2) is 0 Å². The van der Waals surface area contributed by atoms with Gasteiger partial charge < -0.3 is 11.5 Å². The highest BCUT2D eigenvalue weighted by Crippen LogP contribution is 2.21. The average molecular weight is 218 g/mol. The van der Waals surface area contributed by atoms with Crippen molar-refractivity contribution < 1.29 is 13.2 Å². The molecule has 2 nitrogen and oxygen atoms in total. The van der Waals surface area contributed by atoms with Crippen molar-refractivity contribution in [2.45, 2.75) is 24.7 Å². The first-order valence-corrected chi connectivity index (χ1v) is 4.53. The zero-order valence-corrected chi connectivity index (χ0v) is 8.04. The number of rotatable bonds is 3. The Balaban J connectivity index is 2.60. The van der Waals surface area contributed by atoms with E-state index in [1.54, 1.807) is 30.3 Å². The van der Waals surface area contributed by atoms with Crippen molar-refractivity contribution in [1.29, 1.82) is 0 Å². The van der Waals surface area contributed by atoms with Crippen LogP contribution in [0, 0.1) is 0 Å². The van der Waals surface area contributed by atoms with Crippen LogP contribution in [0.2, 0.25) is 0 Å². The van der Waals surface area contributed by atoms with Crippen molar-refractivity contribution in [1.82, 2.24) is 0 Å². The van der Waals surface area contributed by atoms with Gasteiger partial charge in [0, 0.05) is 6.04 Å². The topological polar surface area (TPSA) is 52.0 Å². The monoisotopic (exact) mass is 218 g/mol. The van der Waals surface area contributed by atoms with Gasteiger partial charge in [-0.2, -0.15) is 13.2 Å². The number of hydrogen-bond donors (Lipinski definition) is 2. The number of nitrogens with two attached hydrogens (primary N) is 2. The quantitative estimate of drug-likeness (QED) is 0.806. The zero-order chi connectivity index (χ0) is 11.5. The number of alkyl halides is 3. The fourth-order valence-corrected chi connectivity index (χ4v) is 1.26. The van der Waals surface area contributed by atoms with Crippen molar-refractivity contribution in [2.24, 2.45) is 11.5 Å². The molecule has 1 aromatic rings. The molecule has 0 unspecified atom stereocenters. The van der Waals surface area contributed by atoms with Gasteiger partial charge in [0.05, 0.1) is 0 Å². The Morgan fingerprint density at radius 2 is 1.60 bits per heavy atom. The fourth-order valence-electron chi connectivity index (χ4n) is 1.26. The molecule has 84 valence electrons. The third kappa shape index (κ3) is 3.53. The molecule has 5 heteroatoms. The molecule has 0 heterocycles. The van der Waals surface area contributed by atoms with Crippen molar-refractivity contribution in [2.75, 3.05) is 0 Å². The fraction of sp³-hybridized carbons (Fsp3) is 0.400. The van der Waals surface area contributed by atoms with E-state index < -0.39 is 18.3 Å². The third-order valence-corrected chi connectivity index (χ3v) is 2.15. The molecule has 0 aliphatic rings. The van der Waals surface area contributed by atoms with Crippen LogP contribution in [0.4, 0.5) is 13.2 Å². The SMILES string of the molecule is N[C@@H](Cc1ccccc1)[C@H](N)C(F)(F)F. The van der Waals surface area contributed by atoms with E-state index >= 15 is 0 Å². The molecule has 1 rings (SSSR count). The standard InChI is InChI=1S/C10H13F3N2/c11-10(12,13)9(15)8(14)6-7-4-2-1-3-5-7/h1-5,8-9H,6,14-15H2/t8-,9-/m0/s1. The van der Waals surface area contributed by atoms with Crippen LogP contribution in [-0.2, 0) is 6.42 Å². The highest BCUT2D eigenvalue weighted by atomic mass is 19.4. The minimum Gasteiger partial charge on any atom is -0.326 e. The van der Waals surface area contributed by atoms with Crippen molar-refractivity contribution in [3.8, 4) is 0 Å². The van der Waals surface area contributed by atoms with Crippen LogP contribution in [0.15, 0.2) is 30.3 Å². The van der Waals surface area contributed by atoms with Gasteiger partial charge in [0.1, 0.15) is 6.04 Å². The average Bonchev–Trinajstić information content (AvgIpc) is 2.16. The lowest BCUT2D eigenvalue weighted by Gasteiger charge is -2.22. The number of benzene rings is 1. The summed E-state index contributed by atoms with van der Waals surface area (Å²) in [5.74, 6) is 0. The van der Waals surface area contributed by atoms with E-state index in [4.69, 9.17) is 11.5 Å². The minimum absolute atomic E-state index is 0.127. The second kappa shape index (κ2) is 4.63. The van der Waals surface area contributed by atoms with Crippen LogP contribution in [0.1, 0.15) is 5.56 Å². The largest absolute Gasteiger partial charge is 0.405 e. The molecule has 2 atom stereocenters. The van der Waals surface area contributed by atoms with Crippen LogP contribution >= 0.6 is 0 Å². The van der Waals surface area contributed by atoms with Gasteiger partial charge in [-0.05, 0) is 12.0 Å². The summed E-state index contributed by atoms with van der Waals surface area (Å²) in [4.78, 5) is 0. The maximum atomic E-state index is 12.2. The lowest BCUT2D eigenvalue weighted by atomic mass is 10.0. The van der Waals surface area contributed by atoms with Crippen LogP contribution in [0.5, 0.6) is 0 Å². The Bertz CT molecular complexity index is 297. The van der Waals surface area contributed by atoms with E-state index in [0.29, 0.717) is 0 Å². The molecular formula is C10H13F3N2. The second-order valence-corrected chi connectivity index (χ2v) is 3.42. The molecule has 1 aromatic carbocycles. The van der Waals surface area contributed by atoms with E-state index in [1.165, 1.54) is 0 Å². The maximum Gasteiger partial charge on any atom is 0.405 e. The van der Waals surface area contributed by atoms with Gasteiger partial charge in [0.2, 0.25) is 0 Å². The Labute approximate surface area is 86.1 Å². The van der Waals surface area contributed by atoms with Gasteiger partial charge in [0.25, 0.3) is 0 Å². The van der Waals surface area contributed by atoms with E-state index in [1.807, 2.05) is 0 Å². The summed E-state index contributed by atoms with van der Waals surface area (Å²) in [6, 6.07) is 5.66. The number of halogens is 3. The zero-order valence-electron chi connectivity index (χ0n) is 8.04. The number of hydrogen-bond acceptors (Lipinski definition) is 2. The van der Waals surface area contributed by atoms with Crippen molar-refractivity contribution in [3.63, 3.8) is 0 Å². The van der Waals surface area contributed by atoms with Gasteiger partial charge in [-0.15, -0.1) is 0 Å². The molecule has 0 saturated carbocycles. The van der Waals surface area contributed by atoms with E-state index in [2.05, 4.69) is 0 Å². The van der Waals surface area contributed by atoms with Crippen LogP contribution in [0.3, 0.4) is 0 Å². The lowest BCUT2D eigenvalue weighted by molar-refractivity contribution is -0.151. The van der Waals surface area contributed by atoms with Crippen molar-refractivity contribution in [3.05, 3.63) is 35.9 Å². The predicted octanol–water partition coefficient (Wildman–Crippen LogP) is 1.45. The van der Waals surface area contributed by atoms with Gasteiger partial charge in [0.15, 0.2) is 0 Å². The highest BCUT2D eigenvalue weighted by Gasteiger charge is 2.40. The Morgan fingerprint density at radius 3 is 2.07 bits per heavy atom. The summed E-state index contributed by atoms with van der Waals surface area (Å²) in [7, 11) is 0. The first-order chi connectivity index (χ1) is 6.91. The Kier molecular flexibility index (Phi) is 3.71. The van der Waals surface area contributed by atoms with E-state index in [-0.39, 0.29) is 6.42 Å². The molecule has 0 fully saturated rings. The summed E-state index contributed by atoms with van der Waals surface area (Å²) in [6.45, 7) is 0. The summed E-state index contributed by atoms with van der Waals surface area (Å²) < 4.78 is 36.6. The molecule has 0 aromatic heterocycles. The molecule has 15 heavy (non-hydrogen) atoms. The minimum atomic E-state index is -4.44. The Morgan fingerprint density at radius 1 is 1.07 bits per heavy atom. The summed E-state index contributed by atoms with van der Waals surface area (Å²) >= 11 is 0. The van der Waals surface area contributed by atoms with Crippen LogP contribution in [0.25, 0.3) is 0 Å².